The Morgan fingerprint density at radius 3 is 2.26 bits per heavy atom. The zero-order chi connectivity index (χ0) is 19.4. The molecule has 4 nitrogen and oxygen atoms in total. The lowest BCUT2D eigenvalue weighted by Gasteiger charge is -2.10. The highest BCUT2D eigenvalue weighted by Gasteiger charge is 2.29. The van der Waals surface area contributed by atoms with Crippen LogP contribution in [0.5, 0.6) is 0 Å². The van der Waals surface area contributed by atoms with Gasteiger partial charge in [0.05, 0.1) is 11.1 Å². The number of halogens is 3. The molecule has 7 heteroatoms. The summed E-state index contributed by atoms with van der Waals surface area (Å²) in [6.07, 6.45) is -2.97. The van der Waals surface area contributed by atoms with Crippen molar-refractivity contribution in [1.29, 1.82) is 0 Å². The summed E-state index contributed by atoms with van der Waals surface area (Å²) in [6, 6.07) is 15.2. The third-order valence-electron chi connectivity index (χ3n) is 3.90. The van der Waals surface area contributed by atoms with Gasteiger partial charge in [-0.15, -0.1) is 0 Å². The van der Waals surface area contributed by atoms with Crippen molar-refractivity contribution in [3.8, 4) is 0 Å². The van der Waals surface area contributed by atoms with Gasteiger partial charge in [-0.3, -0.25) is 4.79 Å². The predicted octanol–water partition coefficient (Wildman–Crippen LogP) is 5.40. The number of para-hydroxylation sites is 1. The highest BCUT2D eigenvalue weighted by atomic mass is 19.4. The van der Waals surface area contributed by atoms with Crippen LogP contribution in [0.2, 0.25) is 0 Å². The topological polar surface area (TPSA) is 54.0 Å². The molecule has 0 aliphatic heterocycles. The number of pyridine rings is 1. The summed E-state index contributed by atoms with van der Waals surface area (Å²) in [5, 5.41) is 5.71. The third-order valence-corrected chi connectivity index (χ3v) is 3.90. The van der Waals surface area contributed by atoms with Gasteiger partial charge in [0.25, 0.3) is 5.91 Å². The number of rotatable bonds is 4. The number of benzene rings is 2. The Morgan fingerprint density at radius 2 is 1.67 bits per heavy atom. The monoisotopic (exact) mass is 371 g/mol. The molecule has 27 heavy (non-hydrogen) atoms. The number of carbonyl (C=O) groups is 1. The minimum Gasteiger partial charge on any atom is -0.340 e. The Morgan fingerprint density at radius 1 is 0.963 bits per heavy atom. The molecule has 0 bridgehead atoms. The molecule has 0 unspecified atom stereocenters. The van der Waals surface area contributed by atoms with E-state index in [1.807, 2.05) is 25.1 Å². The molecule has 3 rings (SSSR count). The van der Waals surface area contributed by atoms with Crippen molar-refractivity contribution in [1.82, 2.24) is 4.98 Å². The number of nitrogens with one attached hydrogen (secondary N) is 2. The van der Waals surface area contributed by atoms with Crippen LogP contribution in [0, 0.1) is 6.92 Å². The number of aromatic nitrogens is 1. The van der Waals surface area contributed by atoms with Crippen LogP contribution in [0.25, 0.3) is 0 Å². The molecule has 1 amide bonds. The number of alkyl halides is 3. The zero-order valence-corrected chi connectivity index (χ0v) is 14.3. The summed E-state index contributed by atoms with van der Waals surface area (Å²) in [7, 11) is 0. The van der Waals surface area contributed by atoms with Gasteiger partial charge in [0.15, 0.2) is 0 Å². The molecule has 0 saturated carbocycles. The molecule has 3 aromatic rings. The molecule has 1 heterocycles. The van der Waals surface area contributed by atoms with Crippen LogP contribution >= 0.6 is 0 Å². The van der Waals surface area contributed by atoms with Crippen LogP contribution in [0.3, 0.4) is 0 Å². The van der Waals surface area contributed by atoms with Crippen molar-refractivity contribution < 1.29 is 18.0 Å². The first-order valence-corrected chi connectivity index (χ1v) is 8.10. The van der Waals surface area contributed by atoms with Gasteiger partial charge in [-0.25, -0.2) is 4.98 Å². The Balaban J connectivity index is 1.66. The molecule has 0 atom stereocenters. The maximum atomic E-state index is 12.6. The van der Waals surface area contributed by atoms with Gasteiger partial charge in [0.2, 0.25) is 0 Å². The quantitative estimate of drug-likeness (QED) is 0.645. The van der Waals surface area contributed by atoms with Crippen molar-refractivity contribution in [3.63, 3.8) is 0 Å². The molecule has 2 N–H and O–H groups in total. The van der Waals surface area contributed by atoms with Crippen LogP contribution < -0.4 is 10.6 Å². The molecular weight excluding hydrogens is 355 g/mol. The molecule has 1 aromatic heterocycles. The molecular formula is C20H16F3N3O. The maximum absolute atomic E-state index is 12.6. The summed E-state index contributed by atoms with van der Waals surface area (Å²) in [5.74, 6) is 0.125. The smallest absolute Gasteiger partial charge is 0.340 e. The molecule has 138 valence electrons. The minimum absolute atomic E-state index is 0.294. The molecule has 0 fully saturated rings. The normalized spacial score (nSPS) is 11.1. The van der Waals surface area contributed by atoms with Crippen molar-refractivity contribution in [2.45, 2.75) is 13.1 Å². The molecule has 0 saturated heterocycles. The summed E-state index contributed by atoms with van der Waals surface area (Å²) in [4.78, 5) is 16.4. The average molecular weight is 371 g/mol. The van der Waals surface area contributed by atoms with E-state index in [-0.39, 0.29) is 5.91 Å². The lowest BCUT2D eigenvalue weighted by Crippen LogP contribution is -2.13. The number of amides is 1. The first-order valence-electron chi connectivity index (χ1n) is 8.10. The second-order valence-electron chi connectivity index (χ2n) is 5.90. The van der Waals surface area contributed by atoms with Crippen molar-refractivity contribution in [3.05, 3.63) is 83.6 Å². The van der Waals surface area contributed by atoms with Gasteiger partial charge in [-0.1, -0.05) is 18.2 Å². The van der Waals surface area contributed by atoms with E-state index in [1.165, 1.54) is 18.3 Å². The van der Waals surface area contributed by atoms with Gasteiger partial charge < -0.3 is 10.6 Å². The fourth-order valence-corrected chi connectivity index (χ4v) is 2.40. The van der Waals surface area contributed by atoms with E-state index in [2.05, 4.69) is 15.6 Å². The summed E-state index contributed by atoms with van der Waals surface area (Å²) in [6.45, 7) is 1.89. The van der Waals surface area contributed by atoms with Gasteiger partial charge >= 0.3 is 6.18 Å². The van der Waals surface area contributed by atoms with Gasteiger partial charge in [-0.05, 0) is 55.0 Å². The lowest BCUT2D eigenvalue weighted by atomic mass is 10.2. The predicted molar refractivity (Wildman–Crippen MR) is 98.1 cm³/mol. The van der Waals surface area contributed by atoms with Gasteiger partial charge in [0.1, 0.15) is 5.82 Å². The fourth-order valence-electron chi connectivity index (χ4n) is 2.40. The minimum atomic E-state index is -4.37. The average Bonchev–Trinajstić information content (AvgIpc) is 2.64. The molecule has 0 radical (unpaired) electrons. The molecule has 0 aliphatic carbocycles. The molecule has 0 spiro atoms. The SMILES string of the molecule is Cc1ccccc1NC(=O)c1ccc(Nc2ccc(C(F)(F)F)cc2)nc1. The van der Waals surface area contributed by atoms with Gasteiger partial charge in [0, 0.05) is 17.6 Å². The Labute approximate surface area is 154 Å². The Bertz CT molecular complexity index is 936. The van der Waals surface area contributed by atoms with E-state index >= 15 is 0 Å². The summed E-state index contributed by atoms with van der Waals surface area (Å²) in [5.41, 5.74) is 1.78. The number of nitrogens with zero attached hydrogens (tertiary/aromatic N) is 1. The standard InChI is InChI=1S/C20H16F3N3O/c1-13-4-2-3-5-17(13)26-19(27)14-6-11-18(24-12-14)25-16-9-7-15(8-10-16)20(21,22)23/h2-12H,1H3,(H,24,25)(H,26,27). The molecule has 0 aliphatic rings. The largest absolute Gasteiger partial charge is 0.416 e. The molecule has 2 aromatic carbocycles. The van der Waals surface area contributed by atoms with Crippen LogP contribution in [-0.2, 0) is 6.18 Å². The Hall–Kier alpha value is -3.35. The second kappa shape index (κ2) is 7.49. The van der Waals surface area contributed by atoms with Crippen molar-refractivity contribution >= 4 is 23.1 Å². The van der Waals surface area contributed by atoms with E-state index in [4.69, 9.17) is 0 Å². The van der Waals surface area contributed by atoms with E-state index < -0.39 is 11.7 Å². The van der Waals surface area contributed by atoms with Crippen molar-refractivity contribution in [2.75, 3.05) is 10.6 Å². The highest BCUT2D eigenvalue weighted by molar-refractivity contribution is 6.04. The number of anilines is 3. The summed E-state index contributed by atoms with van der Waals surface area (Å²) < 4.78 is 37.7. The zero-order valence-electron chi connectivity index (χ0n) is 14.3. The highest BCUT2D eigenvalue weighted by Crippen LogP contribution is 2.30. The van der Waals surface area contributed by atoms with Crippen LogP contribution in [0.4, 0.5) is 30.4 Å². The number of aryl methyl sites for hydroxylation is 1. The van der Waals surface area contributed by atoms with E-state index in [0.29, 0.717) is 17.1 Å². The number of carbonyl (C=O) groups excluding carboxylic acids is 1. The fraction of sp³-hybridized carbons (Fsp3) is 0.100. The summed E-state index contributed by atoms with van der Waals surface area (Å²) >= 11 is 0. The van der Waals surface area contributed by atoms with E-state index in [0.717, 1.165) is 23.4 Å². The lowest BCUT2D eigenvalue weighted by molar-refractivity contribution is -0.137. The van der Waals surface area contributed by atoms with E-state index in [9.17, 15) is 18.0 Å². The van der Waals surface area contributed by atoms with E-state index in [1.54, 1.807) is 18.2 Å². The van der Waals surface area contributed by atoms with Crippen LogP contribution in [0.1, 0.15) is 21.5 Å². The maximum Gasteiger partial charge on any atom is 0.416 e. The first kappa shape index (κ1) is 18.4. The van der Waals surface area contributed by atoms with Crippen molar-refractivity contribution in [2.24, 2.45) is 0 Å². The third kappa shape index (κ3) is 4.63. The Kier molecular flexibility index (Phi) is 5.12. The second-order valence-corrected chi connectivity index (χ2v) is 5.90. The van der Waals surface area contributed by atoms with Crippen LogP contribution in [-0.4, -0.2) is 10.9 Å². The number of hydrogen-bond acceptors (Lipinski definition) is 3. The van der Waals surface area contributed by atoms with Crippen LogP contribution in [0.15, 0.2) is 66.9 Å². The van der Waals surface area contributed by atoms with Gasteiger partial charge in [-0.2, -0.15) is 13.2 Å². The first-order chi connectivity index (χ1) is 12.8. The number of hydrogen-bond donors (Lipinski definition) is 2.